The van der Waals surface area contributed by atoms with Crippen molar-refractivity contribution in [3.05, 3.63) is 0 Å². The molecule has 0 N–H and O–H groups in total. The van der Waals surface area contributed by atoms with Crippen LogP contribution < -0.4 is 56.5 Å². The summed E-state index contributed by atoms with van der Waals surface area (Å²) in [5, 5.41) is 9.16. The van der Waals surface area contributed by atoms with Crippen molar-refractivity contribution in [2.45, 2.75) is 12.3 Å². The van der Waals surface area contributed by atoms with Crippen molar-refractivity contribution in [2.75, 3.05) is 6.61 Å². The molecule has 0 amide bonds. The molecule has 9 heavy (non-hydrogen) atoms. The molecular weight excluding hydrogens is 167 g/mol. The van der Waals surface area contributed by atoms with Crippen LogP contribution in [0, 0.1) is 0 Å². The maximum Gasteiger partial charge on any atom is 1.00 e. The molecule has 1 nitrogen and oxygen atoms in total. The maximum absolute atomic E-state index is 11.2. The van der Waals surface area contributed by atoms with E-state index < -0.39 is 19.0 Å². The minimum atomic E-state index is -4.35. The summed E-state index contributed by atoms with van der Waals surface area (Å²) in [7, 11) is 0. The van der Waals surface area contributed by atoms with Gasteiger partial charge in [0.15, 0.2) is 0 Å². The van der Waals surface area contributed by atoms with E-state index in [9.17, 15) is 17.6 Å². The van der Waals surface area contributed by atoms with Crippen molar-refractivity contribution in [3.63, 3.8) is 0 Å². The van der Waals surface area contributed by atoms with Gasteiger partial charge in [0, 0.05) is 0 Å². The standard InChI is InChI=1S/C3H3F4O.K/c4-2(5)3(6,7)1-8;/h2H,1H2;/q-1;+1. The van der Waals surface area contributed by atoms with Gasteiger partial charge in [0.25, 0.3) is 12.3 Å². The van der Waals surface area contributed by atoms with Gasteiger partial charge in [-0.2, -0.15) is 0 Å². The van der Waals surface area contributed by atoms with Gasteiger partial charge in [0.2, 0.25) is 0 Å². The van der Waals surface area contributed by atoms with Crippen LogP contribution in [0.25, 0.3) is 0 Å². The minimum Gasteiger partial charge on any atom is -0.850 e. The third-order valence-corrected chi connectivity index (χ3v) is 0.512. The van der Waals surface area contributed by atoms with Gasteiger partial charge in [-0.1, -0.05) is 6.61 Å². The molecule has 0 aliphatic carbocycles. The first-order valence-electron chi connectivity index (χ1n) is 1.75. The molecule has 0 aliphatic heterocycles. The van der Waals surface area contributed by atoms with Crippen LogP contribution in [0.5, 0.6) is 0 Å². The zero-order valence-corrected chi connectivity index (χ0v) is 7.83. The predicted molar refractivity (Wildman–Crippen MR) is 15.8 cm³/mol. The largest absolute Gasteiger partial charge is 1.00 e. The number of halogens is 4. The first-order chi connectivity index (χ1) is 3.50. The van der Waals surface area contributed by atoms with E-state index in [0.29, 0.717) is 0 Å². The summed E-state index contributed by atoms with van der Waals surface area (Å²) in [5.41, 5.74) is 0. The molecule has 0 atom stereocenters. The first kappa shape index (κ1) is 12.9. The van der Waals surface area contributed by atoms with E-state index in [0.717, 1.165) is 0 Å². The van der Waals surface area contributed by atoms with E-state index in [1.807, 2.05) is 0 Å². The van der Waals surface area contributed by atoms with Crippen LogP contribution >= 0.6 is 0 Å². The average molecular weight is 170 g/mol. The number of rotatable bonds is 2. The Morgan fingerprint density at radius 2 is 1.67 bits per heavy atom. The third-order valence-electron chi connectivity index (χ3n) is 0.512. The molecule has 0 saturated heterocycles. The quantitative estimate of drug-likeness (QED) is 0.325. The normalized spacial score (nSPS) is 11.3. The molecule has 0 heterocycles. The Labute approximate surface area is 91.8 Å². The second-order valence-electron chi connectivity index (χ2n) is 1.21. The third kappa shape index (κ3) is 4.69. The van der Waals surface area contributed by atoms with Crippen LogP contribution in [-0.2, 0) is 0 Å². The van der Waals surface area contributed by atoms with Crippen molar-refractivity contribution in [1.29, 1.82) is 0 Å². The van der Waals surface area contributed by atoms with Crippen molar-refractivity contribution in [1.82, 2.24) is 0 Å². The van der Waals surface area contributed by atoms with Crippen LogP contribution in [0.4, 0.5) is 17.6 Å². The Hall–Kier alpha value is 1.32. The Bertz CT molecular complexity index is 76.2. The number of hydrogen-bond donors (Lipinski definition) is 0. The maximum atomic E-state index is 11.2. The topological polar surface area (TPSA) is 23.1 Å². The van der Waals surface area contributed by atoms with Gasteiger partial charge in [0.1, 0.15) is 0 Å². The number of hydrogen-bond acceptors (Lipinski definition) is 1. The molecular formula is C3H3F4KO. The van der Waals surface area contributed by atoms with E-state index in [2.05, 4.69) is 0 Å². The van der Waals surface area contributed by atoms with Crippen molar-refractivity contribution < 1.29 is 74.1 Å². The zero-order chi connectivity index (χ0) is 6.78. The smallest absolute Gasteiger partial charge is 0.850 e. The van der Waals surface area contributed by atoms with Crippen LogP contribution in [0.2, 0.25) is 0 Å². The first-order valence-corrected chi connectivity index (χ1v) is 1.75. The van der Waals surface area contributed by atoms with Gasteiger partial charge in [0.05, 0.1) is 0 Å². The fraction of sp³-hybridized carbons (Fsp3) is 1.00. The van der Waals surface area contributed by atoms with Gasteiger partial charge in [-0.05, 0) is 0 Å². The molecule has 0 radical (unpaired) electrons. The summed E-state index contributed by atoms with van der Waals surface area (Å²) in [5.74, 6) is -4.35. The molecule has 50 valence electrons. The zero-order valence-electron chi connectivity index (χ0n) is 4.70. The molecule has 0 aromatic carbocycles. The number of alkyl halides is 4. The molecule has 0 saturated carbocycles. The molecule has 0 rings (SSSR count). The molecule has 0 aromatic heterocycles. The minimum absolute atomic E-state index is 0. The summed E-state index contributed by atoms with van der Waals surface area (Å²) < 4.78 is 44.2. The van der Waals surface area contributed by atoms with Crippen LogP contribution in [-0.4, -0.2) is 19.0 Å². The van der Waals surface area contributed by atoms with Gasteiger partial charge in [-0.15, -0.1) is 0 Å². The SMILES string of the molecule is [K+].[O-]CC(F)(F)C(F)F. The second kappa shape index (κ2) is 5.03. The van der Waals surface area contributed by atoms with Gasteiger partial charge < -0.3 is 5.11 Å². The summed E-state index contributed by atoms with van der Waals surface area (Å²) in [6.07, 6.45) is -3.83. The van der Waals surface area contributed by atoms with Gasteiger partial charge in [-0.3, -0.25) is 0 Å². The Morgan fingerprint density at radius 1 is 1.33 bits per heavy atom. The fourth-order valence-electron chi connectivity index (χ4n) is 0.0630. The van der Waals surface area contributed by atoms with Gasteiger partial charge >= 0.3 is 51.4 Å². The van der Waals surface area contributed by atoms with E-state index in [4.69, 9.17) is 5.11 Å². The van der Waals surface area contributed by atoms with E-state index in [1.165, 1.54) is 0 Å². The summed E-state index contributed by atoms with van der Waals surface area (Å²) in [4.78, 5) is 0. The van der Waals surface area contributed by atoms with Crippen LogP contribution in [0.3, 0.4) is 0 Å². The monoisotopic (exact) mass is 170 g/mol. The Balaban J connectivity index is 0. The van der Waals surface area contributed by atoms with Crippen molar-refractivity contribution in [2.24, 2.45) is 0 Å². The fourth-order valence-corrected chi connectivity index (χ4v) is 0.0630. The predicted octanol–water partition coefficient (Wildman–Crippen LogP) is -2.75. The second-order valence-corrected chi connectivity index (χ2v) is 1.21. The molecule has 0 fully saturated rings. The average Bonchev–Trinajstić information content (AvgIpc) is 1.67. The van der Waals surface area contributed by atoms with E-state index >= 15 is 0 Å². The van der Waals surface area contributed by atoms with E-state index in [1.54, 1.807) is 0 Å². The molecule has 0 unspecified atom stereocenters. The summed E-state index contributed by atoms with van der Waals surface area (Å²) >= 11 is 0. The molecule has 0 aliphatic rings. The van der Waals surface area contributed by atoms with Crippen molar-refractivity contribution in [3.8, 4) is 0 Å². The Morgan fingerprint density at radius 3 is 1.67 bits per heavy atom. The molecule has 0 spiro atoms. The molecule has 0 aromatic rings. The molecule has 0 bridgehead atoms. The molecule has 6 heteroatoms. The van der Waals surface area contributed by atoms with Crippen molar-refractivity contribution >= 4 is 0 Å². The van der Waals surface area contributed by atoms with E-state index in [-0.39, 0.29) is 51.4 Å². The van der Waals surface area contributed by atoms with Crippen LogP contribution in [0.15, 0.2) is 0 Å². The van der Waals surface area contributed by atoms with Crippen LogP contribution in [0.1, 0.15) is 0 Å². The Kier molecular flexibility index (Phi) is 7.24. The van der Waals surface area contributed by atoms with Gasteiger partial charge in [-0.25, -0.2) is 17.6 Å². The summed E-state index contributed by atoms with van der Waals surface area (Å²) in [6, 6.07) is 0. The summed E-state index contributed by atoms with van der Waals surface area (Å²) in [6.45, 7) is -2.05.